The zero-order chi connectivity index (χ0) is 22.7. The van der Waals surface area contributed by atoms with E-state index >= 15 is 0 Å². The fourth-order valence-electron chi connectivity index (χ4n) is 4.33. The van der Waals surface area contributed by atoms with E-state index in [0.29, 0.717) is 6.42 Å². The van der Waals surface area contributed by atoms with E-state index < -0.39 is 5.97 Å². The molecule has 0 atom stereocenters. The average molecular weight is 440 g/mol. The number of rotatable bonds is 27. The molecule has 186 valence electrons. The Morgan fingerprint density at radius 2 is 0.774 bits per heavy atom. The summed E-state index contributed by atoms with van der Waals surface area (Å²) in [6, 6.07) is 0. The van der Waals surface area contributed by atoms with Crippen molar-refractivity contribution in [1.82, 2.24) is 5.32 Å². The van der Waals surface area contributed by atoms with Crippen LogP contribution in [0.15, 0.2) is 0 Å². The van der Waals surface area contributed by atoms with E-state index in [-0.39, 0.29) is 0 Å². The molecule has 0 amide bonds. The fourth-order valence-corrected chi connectivity index (χ4v) is 4.33. The third kappa shape index (κ3) is 29.4. The minimum Gasteiger partial charge on any atom is -0.481 e. The van der Waals surface area contributed by atoms with Crippen molar-refractivity contribution in [1.29, 1.82) is 0 Å². The molecule has 0 aromatic heterocycles. The molecule has 0 aliphatic carbocycles. The molecule has 0 heterocycles. The maximum atomic E-state index is 10.4. The number of nitrogens with one attached hydrogen (secondary N) is 1. The zero-order valence-electron chi connectivity index (χ0n) is 21.2. The Morgan fingerprint density at radius 3 is 1.10 bits per heavy atom. The maximum absolute atomic E-state index is 10.4. The SMILES string of the molecule is CCCCCCCCCCCCCCCCNCCCCCCCCCCCC(=O)O. The van der Waals surface area contributed by atoms with Gasteiger partial charge in [-0.1, -0.05) is 135 Å². The molecule has 0 saturated carbocycles. The molecule has 31 heavy (non-hydrogen) atoms. The Kier molecular flexibility index (Phi) is 27.0. The topological polar surface area (TPSA) is 49.3 Å². The number of carbonyl (C=O) groups is 1. The normalized spacial score (nSPS) is 11.3. The summed E-state index contributed by atoms with van der Waals surface area (Å²) < 4.78 is 0. The van der Waals surface area contributed by atoms with Crippen LogP contribution < -0.4 is 5.32 Å². The van der Waals surface area contributed by atoms with Crippen LogP contribution in [0, 0.1) is 0 Å². The average Bonchev–Trinajstić information content (AvgIpc) is 2.76. The van der Waals surface area contributed by atoms with Crippen LogP contribution in [0.1, 0.15) is 161 Å². The van der Waals surface area contributed by atoms with Crippen LogP contribution >= 0.6 is 0 Å². The van der Waals surface area contributed by atoms with Crippen LogP contribution in [0.3, 0.4) is 0 Å². The molecule has 0 aromatic rings. The van der Waals surface area contributed by atoms with E-state index in [0.717, 1.165) is 12.8 Å². The second kappa shape index (κ2) is 27.5. The minimum atomic E-state index is -0.655. The van der Waals surface area contributed by atoms with Gasteiger partial charge in [-0.15, -0.1) is 0 Å². The molecule has 0 saturated heterocycles. The van der Waals surface area contributed by atoms with Gasteiger partial charge in [0.05, 0.1) is 0 Å². The summed E-state index contributed by atoms with van der Waals surface area (Å²) in [4.78, 5) is 10.4. The molecule has 3 heteroatoms. The molecule has 0 aliphatic rings. The van der Waals surface area contributed by atoms with E-state index in [9.17, 15) is 4.79 Å². The molecule has 2 N–H and O–H groups in total. The van der Waals surface area contributed by atoms with Crippen LogP contribution in [-0.2, 0) is 4.79 Å². The molecule has 0 fully saturated rings. The zero-order valence-corrected chi connectivity index (χ0v) is 21.2. The van der Waals surface area contributed by atoms with Gasteiger partial charge in [-0.25, -0.2) is 0 Å². The van der Waals surface area contributed by atoms with Crippen LogP contribution in [-0.4, -0.2) is 24.2 Å². The van der Waals surface area contributed by atoms with Gasteiger partial charge in [0.25, 0.3) is 0 Å². The summed E-state index contributed by atoms with van der Waals surface area (Å²) in [5, 5.41) is 12.2. The van der Waals surface area contributed by atoms with Gasteiger partial charge in [-0.05, 0) is 32.4 Å². The first kappa shape index (κ1) is 30.4. The summed E-state index contributed by atoms with van der Waals surface area (Å²) in [6.45, 7) is 4.68. The van der Waals surface area contributed by atoms with Crippen molar-refractivity contribution >= 4 is 5.97 Å². The highest BCUT2D eigenvalue weighted by Gasteiger charge is 1.97. The lowest BCUT2D eigenvalue weighted by atomic mass is 10.0. The lowest BCUT2D eigenvalue weighted by molar-refractivity contribution is -0.137. The molecule has 0 bridgehead atoms. The van der Waals surface area contributed by atoms with Crippen LogP contribution in [0.25, 0.3) is 0 Å². The van der Waals surface area contributed by atoms with E-state index in [1.165, 1.54) is 148 Å². The second-order valence-electron chi connectivity index (χ2n) is 9.67. The molecular formula is C28H57NO2. The summed E-state index contributed by atoms with van der Waals surface area (Å²) in [5.41, 5.74) is 0. The van der Waals surface area contributed by atoms with Crippen molar-refractivity contribution in [3.05, 3.63) is 0 Å². The monoisotopic (exact) mass is 439 g/mol. The molecule has 3 nitrogen and oxygen atoms in total. The number of aliphatic carboxylic acids is 1. The van der Waals surface area contributed by atoms with Gasteiger partial charge >= 0.3 is 5.97 Å². The highest BCUT2D eigenvalue weighted by atomic mass is 16.4. The van der Waals surface area contributed by atoms with Crippen molar-refractivity contribution in [3.8, 4) is 0 Å². The predicted octanol–water partition coefficient (Wildman–Crippen LogP) is 9.04. The van der Waals surface area contributed by atoms with Gasteiger partial charge in [0.1, 0.15) is 0 Å². The smallest absolute Gasteiger partial charge is 0.303 e. The standard InChI is InChI=1S/C28H57NO2/c1-2-3-4-5-6-7-8-9-10-11-14-17-20-23-26-29-27-24-21-18-15-12-13-16-19-22-25-28(30)31/h29H,2-27H2,1H3,(H,30,31). The van der Waals surface area contributed by atoms with Crippen LogP contribution in [0.2, 0.25) is 0 Å². The van der Waals surface area contributed by atoms with Crippen LogP contribution in [0.5, 0.6) is 0 Å². The Morgan fingerprint density at radius 1 is 0.484 bits per heavy atom. The summed E-state index contributed by atoms with van der Waals surface area (Å²) in [6.07, 6.45) is 31.5. The van der Waals surface area contributed by atoms with Crippen LogP contribution in [0.4, 0.5) is 0 Å². The first-order valence-electron chi connectivity index (χ1n) is 14.2. The molecule has 0 rings (SSSR count). The van der Waals surface area contributed by atoms with Crippen molar-refractivity contribution in [2.45, 2.75) is 161 Å². The third-order valence-corrected chi connectivity index (χ3v) is 6.45. The lowest BCUT2D eigenvalue weighted by Gasteiger charge is -2.06. The first-order chi connectivity index (χ1) is 15.3. The summed E-state index contributed by atoms with van der Waals surface area (Å²) in [5.74, 6) is -0.655. The Bertz CT molecular complexity index is 346. The molecule has 0 aromatic carbocycles. The highest BCUT2D eigenvalue weighted by Crippen LogP contribution is 2.13. The van der Waals surface area contributed by atoms with Gasteiger partial charge < -0.3 is 10.4 Å². The first-order valence-corrected chi connectivity index (χ1v) is 14.2. The molecular weight excluding hydrogens is 382 g/mol. The Hall–Kier alpha value is -0.570. The second-order valence-corrected chi connectivity index (χ2v) is 9.67. The van der Waals surface area contributed by atoms with Crippen molar-refractivity contribution in [2.75, 3.05) is 13.1 Å². The Labute approximate surface area is 195 Å². The van der Waals surface area contributed by atoms with Gasteiger partial charge in [0, 0.05) is 6.42 Å². The maximum Gasteiger partial charge on any atom is 0.303 e. The minimum absolute atomic E-state index is 0.340. The van der Waals surface area contributed by atoms with Crippen molar-refractivity contribution < 1.29 is 9.90 Å². The summed E-state index contributed by atoms with van der Waals surface area (Å²) >= 11 is 0. The lowest BCUT2D eigenvalue weighted by Crippen LogP contribution is -2.16. The van der Waals surface area contributed by atoms with Crippen molar-refractivity contribution in [2.24, 2.45) is 0 Å². The molecule has 0 aliphatic heterocycles. The predicted molar refractivity (Wildman–Crippen MR) is 137 cm³/mol. The number of carboxylic acid groups (broad SMARTS) is 1. The van der Waals surface area contributed by atoms with Gasteiger partial charge in [0.15, 0.2) is 0 Å². The van der Waals surface area contributed by atoms with Gasteiger partial charge in [-0.2, -0.15) is 0 Å². The van der Waals surface area contributed by atoms with Crippen molar-refractivity contribution in [3.63, 3.8) is 0 Å². The summed E-state index contributed by atoms with van der Waals surface area (Å²) in [7, 11) is 0. The molecule has 0 unspecified atom stereocenters. The molecule has 0 radical (unpaired) electrons. The number of hydrogen-bond acceptors (Lipinski definition) is 2. The fraction of sp³-hybridized carbons (Fsp3) is 0.964. The largest absolute Gasteiger partial charge is 0.481 e. The van der Waals surface area contributed by atoms with Gasteiger partial charge in [0.2, 0.25) is 0 Å². The number of carboxylic acids is 1. The van der Waals surface area contributed by atoms with E-state index in [2.05, 4.69) is 12.2 Å². The molecule has 0 spiro atoms. The highest BCUT2D eigenvalue weighted by molar-refractivity contribution is 5.66. The number of unbranched alkanes of at least 4 members (excludes halogenated alkanes) is 21. The van der Waals surface area contributed by atoms with E-state index in [1.54, 1.807) is 0 Å². The quantitative estimate of drug-likeness (QED) is 0.125. The van der Waals surface area contributed by atoms with Gasteiger partial charge in [-0.3, -0.25) is 4.79 Å². The third-order valence-electron chi connectivity index (χ3n) is 6.45. The van der Waals surface area contributed by atoms with E-state index in [4.69, 9.17) is 5.11 Å². The van der Waals surface area contributed by atoms with E-state index in [1.807, 2.05) is 0 Å². The Balaban J connectivity index is 3.00. The number of hydrogen-bond donors (Lipinski definition) is 2.